The fourth-order valence-electron chi connectivity index (χ4n) is 3.11. The zero-order chi connectivity index (χ0) is 16.9. The van der Waals surface area contributed by atoms with E-state index in [9.17, 15) is 10.0 Å². The molecule has 0 saturated carbocycles. The van der Waals surface area contributed by atoms with Gasteiger partial charge in [-0.2, -0.15) is 4.73 Å². The number of likely N-dealkylation sites (tertiary alicyclic amines) is 1. The van der Waals surface area contributed by atoms with Crippen LogP contribution in [0.2, 0.25) is 5.02 Å². The quantitative estimate of drug-likeness (QED) is 0.669. The summed E-state index contributed by atoms with van der Waals surface area (Å²) in [4.78, 5) is 14.7. The highest BCUT2D eigenvalue weighted by atomic mass is 35.5. The van der Waals surface area contributed by atoms with Gasteiger partial charge in [-0.15, -0.1) is 0 Å². The summed E-state index contributed by atoms with van der Waals surface area (Å²) in [5, 5.41) is 15.0. The third kappa shape index (κ3) is 3.86. The zero-order valence-electron chi connectivity index (χ0n) is 13.3. The van der Waals surface area contributed by atoms with Crippen molar-refractivity contribution in [1.82, 2.24) is 10.2 Å². The third-order valence-corrected chi connectivity index (χ3v) is 4.68. The Morgan fingerprint density at radius 2 is 2.00 bits per heavy atom. The van der Waals surface area contributed by atoms with Crippen LogP contribution in [0.1, 0.15) is 34.8 Å². The average molecular weight is 346 g/mol. The van der Waals surface area contributed by atoms with E-state index in [1.54, 1.807) is 12.1 Å². The molecule has 3 rings (SSSR count). The number of amides is 1. The van der Waals surface area contributed by atoms with Gasteiger partial charge in [0, 0.05) is 17.6 Å². The van der Waals surface area contributed by atoms with Crippen LogP contribution in [0.15, 0.2) is 48.8 Å². The number of carbonyl (C=O) groups excluding carboxylic acids is 1. The molecule has 1 saturated heterocycles. The Labute approximate surface area is 146 Å². The Balaban J connectivity index is 1.75. The number of nitrogens with one attached hydrogen (secondary N) is 1. The van der Waals surface area contributed by atoms with Crippen molar-refractivity contribution in [1.29, 1.82) is 0 Å². The maximum atomic E-state index is 12.3. The Hall–Kier alpha value is -2.11. The summed E-state index contributed by atoms with van der Waals surface area (Å²) in [7, 11) is 0. The molecule has 1 aromatic heterocycles. The van der Waals surface area contributed by atoms with E-state index in [0.29, 0.717) is 21.9 Å². The summed E-state index contributed by atoms with van der Waals surface area (Å²) in [6.07, 6.45) is 4.94. The Bertz CT molecular complexity index is 717. The summed E-state index contributed by atoms with van der Waals surface area (Å²) in [6, 6.07) is 11.0. The molecule has 2 aromatic rings. The van der Waals surface area contributed by atoms with Crippen LogP contribution < -0.4 is 10.0 Å². The van der Waals surface area contributed by atoms with E-state index < -0.39 is 0 Å². The second-order valence-electron chi connectivity index (χ2n) is 5.94. The summed E-state index contributed by atoms with van der Waals surface area (Å²) < 4.78 is 0.626. The summed E-state index contributed by atoms with van der Waals surface area (Å²) in [5.41, 5.74) is 1.38. The molecule has 1 amide bonds. The maximum Gasteiger partial charge on any atom is 0.257 e. The van der Waals surface area contributed by atoms with Gasteiger partial charge in [0.25, 0.3) is 5.91 Å². The van der Waals surface area contributed by atoms with Crippen LogP contribution in [0.3, 0.4) is 0 Å². The van der Waals surface area contributed by atoms with Crippen LogP contribution in [0.25, 0.3) is 0 Å². The van der Waals surface area contributed by atoms with Crippen molar-refractivity contribution >= 4 is 17.5 Å². The third-order valence-electron chi connectivity index (χ3n) is 4.34. The molecule has 2 heterocycles. The van der Waals surface area contributed by atoms with E-state index in [1.165, 1.54) is 12.4 Å². The number of nitrogens with zero attached hydrogens (tertiary/aromatic N) is 2. The molecule has 1 atom stereocenters. The fraction of sp³-hybridized carbons (Fsp3) is 0.333. The first kappa shape index (κ1) is 16.7. The van der Waals surface area contributed by atoms with Gasteiger partial charge in [-0.1, -0.05) is 29.8 Å². The molecule has 1 fully saturated rings. The number of benzene rings is 1. The molecule has 0 radical (unpaired) electrons. The highest BCUT2D eigenvalue weighted by molar-refractivity contribution is 6.31. The van der Waals surface area contributed by atoms with Crippen molar-refractivity contribution in [2.45, 2.75) is 18.9 Å². The van der Waals surface area contributed by atoms with Crippen LogP contribution in [0, 0.1) is 5.21 Å². The zero-order valence-corrected chi connectivity index (χ0v) is 14.1. The number of carbonyl (C=O) groups is 1. The lowest BCUT2D eigenvalue weighted by molar-refractivity contribution is -0.605. The Kier molecular flexibility index (Phi) is 5.33. The molecular formula is C18H20ClN3O2. The van der Waals surface area contributed by atoms with Crippen molar-refractivity contribution in [3.63, 3.8) is 0 Å². The van der Waals surface area contributed by atoms with Crippen LogP contribution in [0.4, 0.5) is 0 Å². The van der Waals surface area contributed by atoms with E-state index in [1.807, 2.05) is 24.3 Å². The van der Waals surface area contributed by atoms with Crippen molar-refractivity contribution in [3.8, 4) is 0 Å². The predicted molar refractivity (Wildman–Crippen MR) is 92.7 cm³/mol. The second-order valence-corrected chi connectivity index (χ2v) is 6.35. The molecule has 1 aliphatic heterocycles. The van der Waals surface area contributed by atoms with E-state index in [2.05, 4.69) is 10.2 Å². The molecule has 1 N–H and O–H groups in total. The Morgan fingerprint density at radius 3 is 2.71 bits per heavy atom. The van der Waals surface area contributed by atoms with Gasteiger partial charge in [0.15, 0.2) is 12.4 Å². The molecule has 0 spiro atoms. The van der Waals surface area contributed by atoms with Gasteiger partial charge in [-0.25, -0.2) is 0 Å². The monoisotopic (exact) mass is 345 g/mol. The first-order valence-corrected chi connectivity index (χ1v) is 8.48. The van der Waals surface area contributed by atoms with Crippen LogP contribution in [-0.2, 0) is 0 Å². The molecule has 126 valence electrons. The molecule has 1 aromatic carbocycles. The number of halogens is 1. The van der Waals surface area contributed by atoms with E-state index in [0.717, 1.165) is 31.5 Å². The lowest BCUT2D eigenvalue weighted by Crippen LogP contribution is -2.37. The summed E-state index contributed by atoms with van der Waals surface area (Å²) in [5.74, 6) is -0.253. The molecule has 5 nitrogen and oxygen atoms in total. The van der Waals surface area contributed by atoms with E-state index in [4.69, 9.17) is 11.6 Å². The van der Waals surface area contributed by atoms with Crippen molar-refractivity contribution in [3.05, 3.63) is 70.1 Å². The smallest absolute Gasteiger partial charge is 0.257 e. The predicted octanol–water partition coefficient (Wildman–Crippen LogP) is 2.54. The van der Waals surface area contributed by atoms with Gasteiger partial charge in [0.2, 0.25) is 0 Å². The topological polar surface area (TPSA) is 59.3 Å². The first-order valence-electron chi connectivity index (χ1n) is 8.10. The number of pyridine rings is 1. The lowest BCUT2D eigenvalue weighted by atomic mass is 10.1. The van der Waals surface area contributed by atoms with Gasteiger partial charge >= 0.3 is 0 Å². The van der Waals surface area contributed by atoms with Gasteiger partial charge < -0.3 is 10.5 Å². The van der Waals surface area contributed by atoms with E-state index >= 15 is 0 Å². The van der Waals surface area contributed by atoms with Gasteiger partial charge in [-0.05, 0) is 43.6 Å². The first-order chi connectivity index (χ1) is 11.6. The highest BCUT2D eigenvalue weighted by Crippen LogP contribution is 2.29. The fourth-order valence-corrected chi connectivity index (χ4v) is 3.38. The van der Waals surface area contributed by atoms with Crippen molar-refractivity contribution in [2.75, 3.05) is 19.6 Å². The average Bonchev–Trinajstić information content (AvgIpc) is 3.11. The van der Waals surface area contributed by atoms with Crippen LogP contribution in [0.5, 0.6) is 0 Å². The molecule has 6 heteroatoms. The van der Waals surface area contributed by atoms with Gasteiger partial charge in [0.05, 0.1) is 6.04 Å². The minimum atomic E-state index is -0.253. The molecule has 0 aliphatic carbocycles. The van der Waals surface area contributed by atoms with E-state index in [-0.39, 0.29) is 11.9 Å². The lowest BCUT2D eigenvalue weighted by Gasteiger charge is -2.28. The van der Waals surface area contributed by atoms with Crippen LogP contribution in [-0.4, -0.2) is 30.4 Å². The standard InChI is InChI=1S/C18H20ClN3O2/c19-16-8-2-1-7-15(16)17(21-9-3-4-10-21)12-20-18(23)14-6-5-11-22(24)13-14/h1-2,5-8,11,13,17H,3-4,9-10,12H2,(H,20,23). The number of hydrogen-bond acceptors (Lipinski definition) is 3. The second kappa shape index (κ2) is 7.64. The van der Waals surface area contributed by atoms with Gasteiger partial charge in [0.1, 0.15) is 5.56 Å². The van der Waals surface area contributed by atoms with Gasteiger partial charge in [-0.3, -0.25) is 9.69 Å². The molecule has 1 unspecified atom stereocenters. The van der Waals surface area contributed by atoms with Crippen molar-refractivity contribution < 1.29 is 9.52 Å². The number of hydrogen-bond donors (Lipinski definition) is 1. The summed E-state index contributed by atoms with van der Waals surface area (Å²) >= 11 is 6.37. The molecular weight excluding hydrogens is 326 g/mol. The Morgan fingerprint density at radius 1 is 1.25 bits per heavy atom. The minimum Gasteiger partial charge on any atom is -0.619 e. The number of rotatable bonds is 5. The molecule has 0 bridgehead atoms. The molecule has 1 aliphatic rings. The molecule has 24 heavy (non-hydrogen) atoms. The largest absolute Gasteiger partial charge is 0.619 e. The van der Waals surface area contributed by atoms with Crippen molar-refractivity contribution in [2.24, 2.45) is 0 Å². The minimum absolute atomic E-state index is 0.0354. The number of aromatic nitrogens is 1. The van der Waals surface area contributed by atoms with Crippen LogP contribution >= 0.6 is 11.6 Å². The highest BCUT2D eigenvalue weighted by Gasteiger charge is 2.25. The summed E-state index contributed by atoms with van der Waals surface area (Å²) in [6.45, 7) is 2.45. The normalized spacial score (nSPS) is 16.0. The maximum absolute atomic E-state index is 12.3. The SMILES string of the molecule is O=C(NCC(c1ccccc1Cl)N1CCCC1)c1ccc[n+]([O-])c1.